The van der Waals surface area contributed by atoms with Crippen LogP contribution in [0.1, 0.15) is 20.8 Å². The van der Waals surface area contributed by atoms with Crippen molar-refractivity contribution in [1.29, 1.82) is 0 Å². The van der Waals surface area contributed by atoms with Crippen LogP contribution >= 0.6 is 0 Å². The molecule has 80 valence electrons. The highest BCUT2D eigenvalue weighted by Crippen LogP contribution is 2.17. The molecule has 1 unspecified atom stereocenters. The lowest BCUT2D eigenvalue weighted by molar-refractivity contribution is 0.289. The first-order valence-corrected chi connectivity index (χ1v) is 4.79. The number of rotatable bonds is 2. The molecule has 2 N–H and O–H groups in total. The smallest absolute Gasteiger partial charge is 0.326 e. The van der Waals surface area contributed by atoms with Crippen LogP contribution in [-0.4, -0.2) is 15.2 Å². The van der Waals surface area contributed by atoms with Crippen LogP contribution in [0, 0.1) is 5.41 Å². The summed E-state index contributed by atoms with van der Waals surface area (Å²) >= 11 is 0. The molecular formula is C10H19N3O. The second kappa shape index (κ2) is 3.61. The third-order valence-electron chi connectivity index (χ3n) is 2.52. The zero-order chi connectivity index (χ0) is 10.9. The van der Waals surface area contributed by atoms with Crippen LogP contribution in [0.25, 0.3) is 0 Å². The van der Waals surface area contributed by atoms with Gasteiger partial charge < -0.3 is 10.3 Å². The molecule has 1 aromatic heterocycles. The zero-order valence-corrected chi connectivity index (χ0v) is 9.32. The predicted octanol–water partition coefficient (Wildman–Crippen LogP) is 0.560. The summed E-state index contributed by atoms with van der Waals surface area (Å²) in [6.45, 7) is 6.80. The highest BCUT2D eigenvalue weighted by Gasteiger charge is 2.21. The Kier molecular flexibility index (Phi) is 2.85. The summed E-state index contributed by atoms with van der Waals surface area (Å²) in [5.41, 5.74) is 6.01. The SMILES string of the molecule is Cn1ccn(CC(N)C(C)(C)C)c1=O. The minimum absolute atomic E-state index is 0.00954. The Balaban J connectivity index is 2.80. The summed E-state index contributed by atoms with van der Waals surface area (Å²) < 4.78 is 3.20. The minimum atomic E-state index is -0.0115. The lowest BCUT2D eigenvalue weighted by atomic mass is 9.87. The summed E-state index contributed by atoms with van der Waals surface area (Å²) in [6.07, 6.45) is 3.52. The van der Waals surface area contributed by atoms with Crippen molar-refractivity contribution in [3.05, 3.63) is 22.9 Å². The van der Waals surface area contributed by atoms with Gasteiger partial charge in [-0.25, -0.2) is 4.79 Å². The van der Waals surface area contributed by atoms with Crippen molar-refractivity contribution in [2.75, 3.05) is 0 Å². The van der Waals surface area contributed by atoms with E-state index in [-0.39, 0.29) is 17.1 Å². The van der Waals surface area contributed by atoms with Gasteiger partial charge in [-0.05, 0) is 5.41 Å². The molecule has 0 aliphatic carbocycles. The number of nitrogens with two attached hydrogens (primary N) is 1. The molecular weight excluding hydrogens is 178 g/mol. The molecule has 0 fully saturated rings. The minimum Gasteiger partial charge on any atom is -0.326 e. The van der Waals surface area contributed by atoms with Gasteiger partial charge in [0.15, 0.2) is 0 Å². The average Bonchev–Trinajstić information content (AvgIpc) is 2.34. The number of nitrogens with zero attached hydrogens (tertiary/aromatic N) is 2. The third-order valence-corrected chi connectivity index (χ3v) is 2.52. The molecule has 0 aliphatic rings. The fourth-order valence-corrected chi connectivity index (χ4v) is 1.14. The van der Waals surface area contributed by atoms with Crippen LogP contribution in [0.2, 0.25) is 0 Å². The average molecular weight is 197 g/mol. The molecule has 1 heterocycles. The zero-order valence-electron chi connectivity index (χ0n) is 9.32. The van der Waals surface area contributed by atoms with E-state index in [1.54, 1.807) is 28.6 Å². The van der Waals surface area contributed by atoms with Gasteiger partial charge >= 0.3 is 5.69 Å². The largest absolute Gasteiger partial charge is 0.327 e. The van der Waals surface area contributed by atoms with Crippen molar-refractivity contribution in [3.63, 3.8) is 0 Å². The molecule has 1 atom stereocenters. The molecule has 0 saturated carbocycles. The molecule has 1 aromatic rings. The molecule has 0 radical (unpaired) electrons. The van der Waals surface area contributed by atoms with Gasteiger partial charge in [0.1, 0.15) is 0 Å². The van der Waals surface area contributed by atoms with E-state index in [2.05, 4.69) is 20.8 Å². The number of imidazole rings is 1. The standard InChI is InChI=1S/C10H19N3O/c1-10(2,3)8(11)7-13-6-5-12(4)9(13)14/h5-6,8H,7,11H2,1-4H3. The molecule has 0 spiro atoms. The number of aryl methyl sites for hydroxylation is 1. The summed E-state index contributed by atoms with van der Waals surface area (Å²) in [6, 6.07) is -0.0115. The van der Waals surface area contributed by atoms with Gasteiger partial charge in [-0.1, -0.05) is 20.8 Å². The van der Waals surface area contributed by atoms with E-state index in [9.17, 15) is 4.79 Å². The predicted molar refractivity (Wildman–Crippen MR) is 57.1 cm³/mol. The van der Waals surface area contributed by atoms with E-state index < -0.39 is 0 Å². The Hall–Kier alpha value is -1.03. The lowest BCUT2D eigenvalue weighted by Gasteiger charge is -2.26. The van der Waals surface area contributed by atoms with Crippen molar-refractivity contribution in [1.82, 2.24) is 9.13 Å². The Morgan fingerprint density at radius 3 is 2.36 bits per heavy atom. The summed E-state index contributed by atoms with van der Waals surface area (Å²) in [5, 5.41) is 0. The fourth-order valence-electron chi connectivity index (χ4n) is 1.14. The first-order valence-electron chi connectivity index (χ1n) is 4.79. The molecule has 0 bridgehead atoms. The monoisotopic (exact) mass is 197 g/mol. The van der Waals surface area contributed by atoms with E-state index >= 15 is 0 Å². The van der Waals surface area contributed by atoms with E-state index in [1.807, 2.05) is 0 Å². The summed E-state index contributed by atoms with van der Waals surface area (Å²) in [7, 11) is 1.74. The van der Waals surface area contributed by atoms with Gasteiger partial charge in [0.25, 0.3) is 0 Å². The van der Waals surface area contributed by atoms with Crippen LogP contribution in [-0.2, 0) is 13.6 Å². The van der Waals surface area contributed by atoms with E-state index in [4.69, 9.17) is 5.73 Å². The second-order valence-corrected chi connectivity index (χ2v) is 4.82. The molecule has 1 rings (SSSR count). The fraction of sp³-hybridized carbons (Fsp3) is 0.700. The van der Waals surface area contributed by atoms with E-state index in [0.717, 1.165) is 0 Å². The Bertz CT molecular complexity index is 356. The number of hydrogen-bond donors (Lipinski definition) is 1. The van der Waals surface area contributed by atoms with Crippen molar-refractivity contribution < 1.29 is 0 Å². The Morgan fingerprint density at radius 2 is 2.00 bits per heavy atom. The van der Waals surface area contributed by atoms with Crippen LogP contribution in [0.15, 0.2) is 17.2 Å². The Labute approximate surface area is 84.3 Å². The normalized spacial score (nSPS) is 14.4. The topological polar surface area (TPSA) is 52.9 Å². The maximum absolute atomic E-state index is 11.5. The van der Waals surface area contributed by atoms with Crippen LogP contribution in [0.4, 0.5) is 0 Å². The van der Waals surface area contributed by atoms with Crippen molar-refractivity contribution in [2.45, 2.75) is 33.4 Å². The maximum atomic E-state index is 11.5. The van der Waals surface area contributed by atoms with Crippen molar-refractivity contribution >= 4 is 0 Å². The molecule has 4 nitrogen and oxygen atoms in total. The van der Waals surface area contributed by atoms with Crippen molar-refractivity contribution in [3.8, 4) is 0 Å². The lowest BCUT2D eigenvalue weighted by Crippen LogP contribution is -2.41. The van der Waals surface area contributed by atoms with E-state index in [1.165, 1.54) is 0 Å². The first-order chi connectivity index (χ1) is 6.32. The van der Waals surface area contributed by atoms with Gasteiger partial charge in [-0.15, -0.1) is 0 Å². The molecule has 0 saturated heterocycles. The van der Waals surface area contributed by atoms with Gasteiger partial charge in [-0.2, -0.15) is 0 Å². The Morgan fingerprint density at radius 1 is 1.43 bits per heavy atom. The molecule has 0 amide bonds. The first kappa shape index (κ1) is 11.0. The van der Waals surface area contributed by atoms with Crippen molar-refractivity contribution in [2.24, 2.45) is 18.2 Å². The summed E-state index contributed by atoms with van der Waals surface area (Å²) in [4.78, 5) is 11.5. The van der Waals surface area contributed by atoms with Crippen LogP contribution in [0.3, 0.4) is 0 Å². The van der Waals surface area contributed by atoms with E-state index in [0.29, 0.717) is 6.54 Å². The molecule has 14 heavy (non-hydrogen) atoms. The molecule has 0 aliphatic heterocycles. The second-order valence-electron chi connectivity index (χ2n) is 4.82. The van der Waals surface area contributed by atoms with Gasteiger partial charge in [-0.3, -0.25) is 4.57 Å². The molecule has 4 heteroatoms. The van der Waals surface area contributed by atoms with Crippen LogP contribution < -0.4 is 11.4 Å². The number of aromatic nitrogens is 2. The van der Waals surface area contributed by atoms with Gasteiger partial charge in [0.2, 0.25) is 0 Å². The third kappa shape index (κ3) is 2.26. The molecule has 0 aromatic carbocycles. The highest BCUT2D eigenvalue weighted by molar-refractivity contribution is 4.84. The van der Waals surface area contributed by atoms with Crippen LogP contribution in [0.5, 0.6) is 0 Å². The van der Waals surface area contributed by atoms with Gasteiger partial charge in [0.05, 0.1) is 0 Å². The maximum Gasteiger partial charge on any atom is 0.327 e. The highest BCUT2D eigenvalue weighted by atomic mass is 16.1. The summed E-state index contributed by atoms with van der Waals surface area (Å²) in [5.74, 6) is 0. The number of hydrogen-bond acceptors (Lipinski definition) is 2. The quantitative estimate of drug-likeness (QED) is 0.753. The van der Waals surface area contributed by atoms with Gasteiger partial charge in [0, 0.05) is 32.0 Å².